The van der Waals surface area contributed by atoms with E-state index in [1.807, 2.05) is 13.8 Å². The van der Waals surface area contributed by atoms with Crippen molar-refractivity contribution in [2.75, 3.05) is 0 Å². The molecule has 0 saturated carbocycles. The lowest BCUT2D eigenvalue weighted by atomic mass is 10.1. The Bertz CT molecular complexity index is 671. The minimum atomic E-state index is -1.06. The lowest BCUT2D eigenvalue weighted by molar-refractivity contribution is 0.0683. The van der Waals surface area contributed by atoms with Crippen molar-refractivity contribution in [2.24, 2.45) is 5.92 Å². The fraction of sp³-hybridized carbons (Fsp3) is 0.333. The van der Waals surface area contributed by atoms with Gasteiger partial charge in [0.25, 0.3) is 5.56 Å². The van der Waals surface area contributed by atoms with E-state index in [0.29, 0.717) is 23.2 Å². The molecule has 2 rings (SSSR count). The summed E-state index contributed by atoms with van der Waals surface area (Å²) < 4.78 is 1.37. The third-order valence-corrected chi connectivity index (χ3v) is 3.17. The van der Waals surface area contributed by atoms with Gasteiger partial charge in [0.15, 0.2) is 0 Å². The van der Waals surface area contributed by atoms with Gasteiger partial charge in [-0.1, -0.05) is 32.0 Å². The van der Waals surface area contributed by atoms with Gasteiger partial charge in [-0.3, -0.25) is 4.79 Å². The Labute approximate surface area is 111 Å². The van der Waals surface area contributed by atoms with Gasteiger partial charge in [0.1, 0.15) is 5.69 Å². The second-order valence-corrected chi connectivity index (χ2v) is 5.06. The van der Waals surface area contributed by atoms with E-state index in [4.69, 9.17) is 0 Å². The summed E-state index contributed by atoms with van der Waals surface area (Å²) in [6, 6.07) is 8.65. The first-order valence-electron chi connectivity index (χ1n) is 6.36. The molecule has 4 heteroatoms. The molecule has 0 atom stereocenters. The fourth-order valence-electron chi connectivity index (χ4n) is 2.08. The largest absolute Gasteiger partial charge is 0.477 e. The van der Waals surface area contributed by atoms with Crippen molar-refractivity contribution < 1.29 is 9.90 Å². The lowest BCUT2D eigenvalue weighted by Crippen LogP contribution is -2.26. The summed E-state index contributed by atoms with van der Waals surface area (Å²) in [7, 11) is 0. The molecule has 0 radical (unpaired) electrons. The fourth-order valence-corrected chi connectivity index (χ4v) is 2.08. The van der Waals surface area contributed by atoms with Gasteiger partial charge >= 0.3 is 5.97 Å². The zero-order valence-corrected chi connectivity index (χ0v) is 11.1. The highest BCUT2D eigenvalue weighted by Gasteiger charge is 2.14. The van der Waals surface area contributed by atoms with Gasteiger partial charge in [-0.15, -0.1) is 0 Å². The molecule has 19 heavy (non-hydrogen) atoms. The highest BCUT2D eigenvalue weighted by Crippen LogP contribution is 2.13. The summed E-state index contributed by atoms with van der Waals surface area (Å²) in [6.45, 7) is 4.53. The van der Waals surface area contributed by atoms with Crippen LogP contribution in [0.2, 0.25) is 0 Å². The zero-order valence-electron chi connectivity index (χ0n) is 11.1. The number of hydrogen-bond acceptors (Lipinski definition) is 2. The summed E-state index contributed by atoms with van der Waals surface area (Å²) in [5.74, 6) is -0.647. The molecule has 0 amide bonds. The molecule has 2 aromatic rings. The maximum absolute atomic E-state index is 12.4. The molecule has 100 valence electrons. The Morgan fingerprint density at radius 3 is 2.63 bits per heavy atom. The summed E-state index contributed by atoms with van der Waals surface area (Å²) in [6.07, 6.45) is 0.776. The van der Waals surface area contributed by atoms with Crippen molar-refractivity contribution in [3.05, 3.63) is 46.4 Å². The Kier molecular flexibility index (Phi) is 3.69. The van der Waals surface area contributed by atoms with Crippen LogP contribution in [0.25, 0.3) is 10.8 Å². The topological polar surface area (TPSA) is 59.3 Å². The number of rotatable bonds is 4. The molecule has 0 saturated heterocycles. The van der Waals surface area contributed by atoms with Gasteiger partial charge in [-0.2, -0.15) is 0 Å². The number of carboxylic acids is 1. The molecule has 0 bridgehead atoms. The molecule has 1 heterocycles. The Hall–Kier alpha value is -2.10. The number of carbonyl (C=O) groups is 1. The normalized spacial score (nSPS) is 11.1. The number of fused-ring (bicyclic) bond motifs is 1. The second kappa shape index (κ2) is 5.26. The predicted octanol–water partition coefficient (Wildman–Crippen LogP) is 2.75. The average molecular weight is 259 g/mol. The van der Waals surface area contributed by atoms with Crippen molar-refractivity contribution in [1.29, 1.82) is 0 Å². The molecule has 0 aliphatic heterocycles. The van der Waals surface area contributed by atoms with Crippen molar-refractivity contribution in [2.45, 2.75) is 26.8 Å². The minimum Gasteiger partial charge on any atom is -0.477 e. The van der Waals surface area contributed by atoms with Crippen molar-refractivity contribution >= 4 is 16.7 Å². The third-order valence-electron chi connectivity index (χ3n) is 3.17. The number of hydrogen-bond donors (Lipinski definition) is 1. The molecule has 0 fully saturated rings. The number of nitrogens with zero attached hydrogens (tertiary/aromatic N) is 1. The van der Waals surface area contributed by atoms with Crippen molar-refractivity contribution in [3.63, 3.8) is 0 Å². The maximum atomic E-state index is 12.4. The van der Waals surface area contributed by atoms with Crippen LogP contribution < -0.4 is 5.56 Å². The van der Waals surface area contributed by atoms with E-state index in [9.17, 15) is 14.7 Å². The number of aromatic carboxylic acids is 1. The molecular formula is C15H17NO3. The summed E-state index contributed by atoms with van der Waals surface area (Å²) in [5, 5.41) is 10.5. The van der Waals surface area contributed by atoms with Gasteiger partial charge in [0.05, 0.1) is 0 Å². The molecule has 1 aromatic heterocycles. The van der Waals surface area contributed by atoms with Crippen LogP contribution in [0.1, 0.15) is 30.8 Å². The number of benzene rings is 1. The monoisotopic (exact) mass is 259 g/mol. The second-order valence-electron chi connectivity index (χ2n) is 5.06. The highest BCUT2D eigenvalue weighted by molar-refractivity contribution is 5.92. The molecule has 0 spiro atoms. The molecule has 1 N–H and O–H groups in total. The van der Waals surface area contributed by atoms with Gasteiger partial charge in [0, 0.05) is 11.9 Å². The third kappa shape index (κ3) is 2.67. The van der Waals surface area contributed by atoms with Crippen molar-refractivity contribution in [3.8, 4) is 0 Å². The molecular weight excluding hydrogens is 242 g/mol. The number of pyridine rings is 1. The Morgan fingerprint density at radius 1 is 1.32 bits per heavy atom. The molecule has 0 aliphatic carbocycles. The first-order chi connectivity index (χ1) is 9.00. The first-order valence-corrected chi connectivity index (χ1v) is 6.36. The molecule has 4 nitrogen and oxygen atoms in total. The minimum absolute atomic E-state index is 0.0596. The standard InChI is InChI=1S/C15H17NO3/c1-10(2)7-8-16-13(15(18)19)9-11-5-3-4-6-12(11)14(16)17/h3-6,9-10H,7-8H2,1-2H3,(H,18,19). The smallest absolute Gasteiger partial charge is 0.352 e. The van der Waals surface area contributed by atoms with Gasteiger partial charge in [-0.05, 0) is 29.9 Å². The summed E-state index contributed by atoms with van der Waals surface area (Å²) in [4.78, 5) is 23.7. The Balaban J connectivity index is 2.64. The van der Waals surface area contributed by atoms with Crippen LogP contribution >= 0.6 is 0 Å². The zero-order chi connectivity index (χ0) is 14.0. The van der Waals surface area contributed by atoms with Crippen LogP contribution in [0.4, 0.5) is 0 Å². The van der Waals surface area contributed by atoms with Gasteiger partial charge in [0.2, 0.25) is 0 Å². The molecule has 1 aromatic carbocycles. The van der Waals surface area contributed by atoms with E-state index in [1.165, 1.54) is 4.57 Å². The van der Waals surface area contributed by atoms with Gasteiger partial charge < -0.3 is 9.67 Å². The van der Waals surface area contributed by atoms with E-state index < -0.39 is 5.97 Å². The summed E-state index contributed by atoms with van der Waals surface area (Å²) >= 11 is 0. The predicted molar refractivity (Wildman–Crippen MR) is 74.6 cm³/mol. The van der Waals surface area contributed by atoms with Crippen LogP contribution in [-0.4, -0.2) is 15.6 Å². The van der Waals surface area contributed by atoms with E-state index in [2.05, 4.69) is 0 Å². The van der Waals surface area contributed by atoms with E-state index >= 15 is 0 Å². The van der Waals surface area contributed by atoms with E-state index in [0.717, 1.165) is 6.42 Å². The lowest BCUT2D eigenvalue weighted by Gasteiger charge is -2.12. The van der Waals surface area contributed by atoms with Crippen molar-refractivity contribution in [1.82, 2.24) is 4.57 Å². The highest BCUT2D eigenvalue weighted by atomic mass is 16.4. The SMILES string of the molecule is CC(C)CCn1c(C(=O)O)cc2ccccc2c1=O. The quantitative estimate of drug-likeness (QED) is 0.918. The van der Waals surface area contributed by atoms with Crippen LogP contribution in [0.3, 0.4) is 0 Å². The van der Waals surface area contributed by atoms with Gasteiger partial charge in [-0.25, -0.2) is 4.79 Å². The Morgan fingerprint density at radius 2 is 2.00 bits per heavy atom. The average Bonchev–Trinajstić information content (AvgIpc) is 2.37. The van der Waals surface area contributed by atoms with Crippen LogP contribution in [0, 0.1) is 5.92 Å². The molecule has 0 unspecified atom stereocenters. The maximum Gasteiger partial charge on any atom is 0.352 e. The van der Waals surface area contributed by atoms with E-state index in [-0.39, 0.29) is 11.3 Å². The first kappa shape index (κ1) is 13.3. The van der Waals surface area contributed by atoms with Crippen LogP contribution in [-0.2, 0) is 6.54 Å². The number of carboxylic acid groups (broad SMARTS) is 1. The molecule has 0 aliphatic rings. The summed E-state index contributed by atoms with van der Waals surface area (Å²) in [5.41, 5.74) is -0.166. The van der Waals surface area contributed by atoms with Crippen LogP contribution in [0.15, 0.2) is 35.1 Å². The number of aromatic nitrogens is 1. The van der Waals surface area contributed by atoms with E-state index in [1.54, 1.807) is 30.3 Å². The van der Waals surface area contributed by atoms with Crippen LogP contribution in [0.5, 0.6) is 0 Å².